The number of Topliss-reactive ketones (excluding diaryl/α,β-unsaturated/α-hetero) is 2. The van der Waals surface area contributed by atoms with Crippen LogP contribution in [0.3, 0.4) is 0 Å². The molecule has 110 valence electrons. The topological polar surface area (TPSA) is 34.1 Å². The number of benzene rings is 1. The summed E-state index contributed by atoms with van der Waals surface area (Å²) in [6.07, 6.45) is 1.09. The van der Waals surface area contributed by atoms with Gasteiger partial charge in [-0.2, -0.15) is 0 Å². The van der Waals surface area contributed by atoms with Crippen molar-refractivity contribution in [2.75, 3.05) is 0 Å². The molecule has 0 aliphatic rings. The normalized spacial score (nSPS) is 12.3. The molecule has 0 unspecified atom stereocenters. The van der Waals surface area contributed by atoms with Crippen molar-refractivity contribution in [2.45, 2.75) is 65.2 Å². The Labute approximate surface area is 122 Å². The van der Waals surface area contributed by atoms with Crippen LogP contribution in [0.1, 0.15) is 65.5 Å². The van der Waals surface area contributed by atoms with Gasteiger partial charge in [0.25, 0.3) is 0 Å². The predicted molar refractivity (Wildman–Crippen MR) is 83.1 cm³/mol. The van der Waals surface area contributed by atoms with E-state index < -0.39 is 0 Å². The molecule has 0 saturated heterocycles. The molecule has 2 heteroatoms. The molecule has 0 amide bonds. The van der Waals surface area contributed by atoms with Gasteiger partial charge in [-0.05, 0) is 35.8 Å². The minimum atomic E-state index is -0.144. The van der Waals surface area contributed by atoms with E-state index in [0.717, 1.165) is 11.1 Å². The van der Waals surface area contributed by atoms with Crippen molar-refractivity contribution < 1.29 is 9.59 Å². The third-order valence-electron chi connectivity index (χ3n) is 3.83. The maximum absolute atomic E-state index is 11.3. The van der Waals surface area contributed by atoms with Crippen molar-refractivity contribution in [3.63, 3.8) is 0 Å². The number of hydrogen-bond donors (Lipinski definition) is 0. The van der Waals surface area contributed by atoms with Crippen molar-refractivity contribution in [3.05, 3.63) is 35.4 Å². The Morgan fingerprint density at radius 3 is 1.20 bits per heavy atom. The van der Waals surface area contributed by atoms with Gasteiger partial charge in [-0.15, -0.1) is 0 Å². The largest absolute Gasteiger partial charge is 0.300 e. The van der Waals surface area contributed by atoms with Crippen LogP contribution in [0.25, 0.3) is 0 Å². The standard InChI is InChI=1S/C18H26O2/c1-13(19)11-17(3,4)15-7-9-16(10-8-15)18(5,6)12-14(2)20/h7-10H,11-12H2,1-6H3. The molecule has 0 fully saturated rings. The summed E-state index contributed by atoms with van der Waals surface area (Å²) < 4.78 is 0. The van der Waals surface area contributed by atoms with E-state index in [0.29, 0.717) is 12.8 Å². The van der Waals surface area contributed by atoms with Crippen LogP contribution in [0.4, 0.5) is 0 Å². The molecular formula is C18H26O2. The average molecular weight is 274 g/mol. The minimum Gasteiger partial charge on any atom is -0.300 e. The molecule has 2 nitrogen and oxygen atoms in total. The molecule has 0 aromatic heterocycles. The lowest BCUT2D eigenvalue weighted by molar-refractivity contribution is -0.118. The summed E-state index contributed by atoms with van der Waals surface area (Å²) in [5, 5.41) is 0. The van der Waals surface area contributed by atoms with Crippen molar-refractivity contribution >= 4 is 11.6 Å². The molecule has 0 atom stereocenters. The zero-order chi connectivity index (χ0) is 15.6. The van der Waals surface area contributed by atoms with Crippen LogP contribution in [0.15, 0.2) is 24.3 Å². The van der Waals surface area contributed by atoms with Crippen LogP contribution in [0.5, 0.6) is 0 Å². The zero-order valence-electron chi connectivity index (χ0n) is 13.5. The van der Waals surface area contributed by atoms with Gasteiger partial charge >= 0.3 is 0 Å². The molecule has 1 aromatic rings. The fourth-order valence-electron chi connectivity index (χ4n) is 2.82. The maximum atomic E-state index is 11.3. The third-order valence-corrected chi connectivity index (χ3v) is 3.83. The van der Waals surface area contributed by atoms with Crippen LogP contribution < -0.4 is 0 Å². The molecule has 0 radical (unpaired) electrons. The SMILES string of the molecule is CC(=O)CC(C)(C)c1ccc(C(C)(C)CC(C)=O)cc1. The quantitative estimate of drug-likeness (QED) is 0.779. The van der Waals surface area contributed by atoms with E-state index in [2.05, 4.69) is 52.0 Å². The summed E-state index contributed by atoms with van der Waals surface area (Å²) in [5.74, 6) is 0.409. The maximum Gasteiger partial charge on any atom is 0.130 e. The highest BCUT2D eigenvalue weighted by atomic mass is 16.1. The fourth-order valence-corrected chi connectivity index (χ4v) is 2.82. The lowest BCUT2D eigenvalue weighted by Crippen LogP contribution is -2.23. The van der Waals surface area contributed by atoms with E-state index in [1.54, 1.807) is 13.8 Å². The summed E-state index contributed by atoms with van der Waals surface area (Å²) in [5.41, 5.74) is 2.04. The number of hydrogen-bond acceptors (Lipinski definition) is 2. The van der Waals surface area contributed by atoms with Crippen LogP contribution >= 0.6 is 0 Å². The number of rotatable bonds is 6. The second-order valence-corrected chi connectivity index (χ2v) is 7.10. The molecule has 0 N–H and O–H groups in total. The highest BCUT2D eigenvalue weighted by molar-refractivity contribution is 5.77. The number of ketones is 2. The smallest absolute Gasteiger partial charge is 0.130 e. The van der Waals surface area contributed by atoms with Crippen LogP contribution in [0, 0.1) is 0 Å². The van der Waals surface area contributed by atoms with E-state index in [-0.39, 0.29) is 22.4 Å². The number of carbonyl (C=O) groups excluding carboxylic acids is 2. The van der Waals surface area contributed by atoms with Gasteiger partial charge in [0.1, 0.15) is 11.6 Å². The van der Waals surface area contributed by atoms with E-state index in [1.165, 1.54) is 0 Å². The first kappa shape index (κ1) is 16.6. The monoisotopic (exact) mass is 274 g/mol. The lowest BCUT2D eigenvalue weighted by Gasteiger charge is -2.27. The first-order valence-electron chi connectivity index (χ1n) is 7.14. The van der Waals surface area contributed by atoms with Gasteiger partial charge in [0, 0.05) is 12.8 Å². The molecule has 1 aromatic carbocycles. The molecule has 0 heterocycles. The van der Waals surface area contributed by atoms with E-state index in [9.17, 15) is 9.59 Å². The minimum absolute atomic E-state index is 0.144. The van der Waals surface area contributed by atoms with Crippen molar-refractivity contribution in [1.82, 2.24) is 0 Å². The van der Waals surface area contributed by atoms with Crippen molar-refractivity contribution in [3.8, 4) is 0 Å². The first-order valence-corrected chi connectivity index (χ1v) is 7.14. The van der Waals surface area contributed by atoms with Gasteiger partial charge in [0.15, 0.2) is 0 Å². The predicted octanol–water partition coefficient (Wildman–Crippen LogP) is 4.20. The molecule has 0 spiro atoms. The Morgan fingerprint density at radius 1 is 0.750 bits per heavy atom. The van der Waals surface area contributed by atoms with Gasteiger partial charge in [-0.1, -0.05) is 52.0 Å². The highest BCUT2D eigenvalue weighted by Gasteiger charge is 2.25. The Hall–Kier alpha value is -1.44. The van der Waals surface area contributed by atoms with Crippen LogP contribution in [-0.2, 0) is 20.4 Å². The highest BCUT2D eigenvalue weighted by Crippen LogP contribution is 2.31. The van der Waals surface area contributed by atoms with Gasteiger partial charge in [0.05, 0.1) is 0 Å². The van der Waals surface area contributed by atoms with Crippen molar-refractivity contribution in [2.24, 2.45) is 0 Å². The molecule has 0 aliphatic carbocycles. The van der Waals surface area contributed by atoms with E-state index >= 15 is 0 Å². The van der Waals surface area contributed by atoms with Gasteiger partial charge in [-0.3, -0.25) is 9.59 Å². The Bertz CT molecular complexity index is 446. The molecule has 0 aliphatic heterocycles. The molecule has 1 rings (SSSR count). The second kappa shape index (κ2) is 5.90. The van der Waals surface area contributed by atoms with E-state index in [1.807, 2.05) is 0 Å². The van der Waals surface area contributed by atoms with Crippen LogP contribution in [0.2, 0.25) is 0 Å². The Kier molecular flexibility index (Phi) is 4.90. The average Bonchev–Trinajstić information content (AvgIpc) is 2.25. The van der Waals surface area contributed by atoms with E-state index in [4.69, 9.17) is 0 Å². The second-order valence-electron chi connectivity index (χ2n) is 7.10. The van der Waals surface area contributed by atoms with Gasteiger partial charge < -0.3 is 0 Å². The molecular weight excluding hydrogens is 248 g/mol. The van der Waals surface area contributed by atoms with Crippen molar-refractivity contribution in [1.29, 1.82) is 0 Å². The first-order chi connectivity index (χ1) is 9.04. The Morgan fingerprint density at radius 2 is 1.00 bits per heavy atom. The summed E-state index contributed by atoms with van der Waals surface area (Å²) in [6, 6.07) is 8.33. The Balaban J connectivity index is 2.99. The lowest BCUT2D eigenvalue weighted by atomic mass is 9.76. The molecule has 20 heavy (non-hydrogen) atoms. The molecule has 0 bridgehead atoms. The summed E-state index contributed by atoms with van der Waals surface area (Å²) in [6.45, 7) is 11.6. The summed E-state index contributed by atoms with van der Waals surface area (Å²) in [7, 11) is 0. The fraction of sp³-hybridized carbons (Fsp3) is 0.556. The van der Waals surface area contributed by atoms with Gasteiger partial charge in [0.2, 0.25) is 0 Å². The van der Waals surface area contributed by atoms with Gasteiger partial charge in [-0.25, -0.2) is 0 Å². The zero-order valence-corrected chi connectivity index (χ0v) is 13.5. The molecule has 0 saturated carbocycles. The summed E-state index contributed by atoms with van der Waals surface area (Å²) >= 11 is 0. The van der Waals surface area contributed by atoms with Crippen LogP contribution in [-0.4, -0.2) is 11.6 Å². The summed E-state index contributed by atoms with van der Waals surface area (Å²) in [4.78, 5) is 22.7. The third kappa shape index (κ3) is 4.29. The number of carbonyl (C=O) groups is 2.